The Morgan fingerprint density at radius 1 is 1.25 bits per heavy atom. The molecule has 0 bridgehead atoms. The third-order valence-corrected chi connectivity index (χ3v) is 4.95. The van der Waals surface area contributed by atoms with E-state index in [1.165, 1.54) is 31.4 Å². The quantitative estimate of drug-likeness (QED) is 0.650. The van der Waals surface area contributed by atoms with E-state index in [4.69, 9.17) is 24.7 Å². The molecule has 8 heteroatoms. The number of nitrogens with two attached hydrogens (primary N) is 1. The topological polar surface area (TPSA) is 104 Å². The number of hydrogen-bond donors (Lipinski definition) is 1. The Morgan fingerprint density at radius 3 is 2.59 bits per heavy atom. The van der Waals surface area contributed by atoms with E-state index in [1.54, 1.807) is 32.0 Å². The van der Waals surface area contributed by atoms with Crippen LogP contribution in [0, 0.1) is 17.1 Å². The number of halogens is 1. The summed E-state index contributed by atoms with van der Waals surface area (Å²) in [6, 6.07) is 13.0. The molecule has 32 heavy (non-hydrogen) atoms. The minimum absolute atomic E-state index is 0.0641. The number of rotatable bonds is 7. The summed E-state index contributed by atoms with van der Waals surface area (Å²) in [6.45, 7) is 3.64. The van der Waals surface area contributed by atoms with Gasteiger partial charge in [0.2, 0.25) is 5.88 Å². The smallest absolute Gasteiger partial charge is 0.338 e. The molecule has 0 aromatic heterocycles. The van der Waals surface area contributed by atoms with Crippen molar-refractivity contribution in [3.63, 3.8) is 0 Å². The number of carbonyl (C=O) groups excluding carboxylic acids is 1. The summed E-state index contributed by atoms with van der Waals surface area (Å²) in [5.74, 6) is -0.498. The van der Waals surface area contributed by atoms with Crippen molar-refractivity contribution in [2.75, 3.05) is 13.7 Å². The van der Waals surface area contributed by atoms with E-state index in [-0.39, 0.29) is 41.8 Å². The van der Waals surface area contributed by atoms with Crippen LogP contribution in [0.5, 0.6) is 11.5 Å². The Balaban J connectivity index is 1.97. The molecule has 1 unspecified atom stereocenters. The predicted octanol–water partition coefficient (Wildman–Crippen LogP) is 4.06. The number of methoxy groups -OCH3 is 1. The van der Waals surface area contributed by atoms with Crippen LogP contribution in [0.3, 0.4) is 0 Å². The second kappa shape index (κ2) is 9.88. The highest BCUT2D eigenvalue weighted by Gasteiger charge is 2.36. The van der Waals surface area contributed by atoms with Crippen molar-refractivity contribution < 1.29 is 28.1 Å². The number of ether oxygens (including phenoxy) is 4. The molecule has 0 fully saturated rings. The Hall–Kier alpha value is -3.99. The van der Waals surface area contributed by atoms with E-state index < -0.39 is 11.9 Å². The van der Waals surface area contributed by atoms with Gasteiger partial charge in [-0.15, -0.1) is 0 Å². The molecular weight excluding hydrogens is 415 g/mol. The van der Waals surface area contributed by atoms with Gasteiger partial charge in [0.05, 0.1) is 25.2 Å². The summed E-state index contributed by atoms with van der Waals surface area (Å²) in [7, 11) is 1.51. The van der Waals surface area contributed by atoms with Crippen LogP contribution in [0.2, 0.25) is 0 Å². The van der Waals surface area contributed by atoms with Crippen molar-refractivity contribution in [2.24, 2.45) is 5.73 Å². The van der Waals surface area contributed by atoms with E-state index in [9.17, 15) is 14.4 Å². The summed E-state index contributed by atoms with van der Waals surface area (Å²) in [5, 5.41) is 9.70. The first-order valence-corrected chi connectivity index (χ1v) is 9.90. The Bertz CT molecular complexity index is 1120. The third-order valence-electron chi connectivity index (χ3n) is 4.95. The normalized spacial score (nSPS) is 15.7. The summed E-state index contributed by atoms with van der Waals surface area (Å²) < 4.78 is 34.9. The molecule has 2 aromatic carbocycles. The van der Waals surface area contributed by atoms with Crippen LogP contribution in [0.4, 0.5) is 4.39 Å². The average Bonchev–Trinajstić information content (AvgIpc) is 2.78. The van der Waals surface area contributed by atoms with E-state index in [0.29, 0.717) is 17.1 Å². The van der Waals surface area contributed by atoms with Crippen LogP contribution < -0.4 is 15.2 Å². The molecule has 1 heterocycles. The van der Waals surface area contributed by atoms with Crippen molar-refractivity contribution in [3.8, 4) is 17.6 Å². The second-order valence-corrected chi connectivity index (χ2v) is 6.93. The standard InChI is InChI=1S/C24H23FN2O5/c1-4-30-24(28)21-14(2)32-23(27)19(12-26)22(21)15-5-6-16(20(11-15)29-3)13-31-18-9-7-17(25)8-10-18/h5-11,22H,4,13,27H2,1-3H3. The molecule has 2 aromatic rings. The lowest BCUT2D eigenvalue weighted by Crippen LogP contribution is -2.25. The molecule has 1 aliphatic rings. The summed E-state index contributed by atoms with van der Waals surface area (Å²) in [4.78, 5) is 12.7. The molecule has 3 rings (SSSR count). The van der Waals surface area contributed by atoms with Gasteiger partial charge in [-0.25, -0.2) is 9.18 Å². The third kappa shape index (κ3) is 4.67. The van der Waals surface area contributed by atoms with Crippen LogP contribution in [0.1, 0.15) is 30.9 Å². The molecule has 166 valence electrons. The molecule has 0 aliphatic carbocycles. The zero-order valence-corrected chi connectivity index (χ0v) is 18.0. The van der Waals surface area contributed by atoms with Crippen LogP contribution in [-0.4, -0.2) is 19.7 Å². The lowest BCUT2D eigenvalue weighted by atomic mass is 9.82. The summed E-state index contributed by atoms with van der Waals surface area (Å²) in [6.07, 6.45) is 0. The van der Waals surface area contributed by atoms with Crippen molar-refractivity contribution in [1.29, 1.82) is 5.26 Å². The van der Waals surface area contributed by atoms with Gasteiger partial charge < -0.3 is 24.7 Å². The molecule has 0 saturated heterocycles. The first-order valence-electron chi connectivity index (χ1n) is 9.90. The number of allylic oxidation sites excluding steroid dienone is 2. The number of nitrogens with zero attached hydrogens (tertiary/aromatic N) is 1. The Labute approximate surface area is 185 Å². The average molecular weight is 438 g/mol. The van der Waals surface area contributed by atoms with Crippen LogP contribution in [0.15, 0.2) is 65.3 Å². The number of carbonyl (C=O) groups is 1. The molecule has 1 aliphatic heterocycles. The Kier molecular flexibility index (Phi) is 7.00. The van der Waals surface area contributed by atoms with Crippen LogP contribution in [-0.2, 0) is 20.9 Å². The van der Waals surface area contributed by atoms with Gasteiger partial charge in [-0.05, 0) is 49.7 Å². The molecule has 0 amide bonds. The van der Waals surface area contributed by atoms with E-state index >= 15 is 0 Å². The van der Waals surface area contributed by atoms with E-state index in [0.717, 1.165) is 5.56 Å². The number of esters is 1. The van der Waals surface area contributed by atoms with E-state index in [2.05, 4.69) is 0 Å². The lowest BCUT2D eigenvalue weighted by molar-refractivity contribution is -0.139. The van der Waals surface area contributed by atoms with Gasteiger partial charge in [-0.3, -0.25) is 0 Å². The van der Waals surface area contributed by atoms with Gasteiger partial charge in [-0.2, -0.15) is 5.26 Å². The number of hydrogen-bond acceptors (Lipinski definition) is 7. The van der Waals surface area contributed by atoms with Crippen molar-refractivity contribution in [1.82, 2.24) is 0 Å². The fraction of sp³-hybridized carbons (Fsp3) is 0.250. The first-order chi connectivity index (χ1) is 15.4. The first kappa shape index (κ1) is 22.7. The SMILES string of the molecule is CCOC(=O)C1=C(C)OC(N)=C(C#N)C1c1ccc(COc2ccc(F)cc2)c(OC)c1. The maximum atomic E-state index is 13.1. The second-order valence-electron chi connectivity index (χ2n) is 6.93. The molecule has 0 spiro atoms. The minimum Gasteiger partial charge on any atom is -0.496 e. The van der Waals surface area contributed by atoms with Crippen molar-refractivity contribution >= 4 is 5.97 Å². The fourth-order valence-electron chi connectivity index (χ4n) is 3.44. The fourth-order valence-corrected chi connectivity index (χ4v) is 3.44. The summed E-state index contributed by atoms with van der Waals surface area (Å²) in [5.41, 5.74) is 7.58. The number of nitriles is 1. The number of benzene rings is 2. The monoisotopic (exact) mass is 438 g/mol. The van der Waals surface area contributed by atoms with Gasteiger partial charge in [-0.1, -0.05) is 12.1 Å². The molecular formula is C24H23FN2O5. The van der Waals surface area contributed by atoms with Crippen molar-refractivity contribution in [3.05, 3.63) is 82.2 Å². The molecule has 0 radical (unpaired) electrons. The highest BCUT2D eigenvalue weighted by molar-refractivity contribution is 5.92. The van der Waals surface area contributed by atoms with Crippen LogP contribution in [0.25, 0.3) is 0 Å². The lowest BCUT2D eigenvalue weighted by Gasteiger charge is -2.27. The highest BCUT2D eigenvalue weighted by Crippen LogP contribution is 2.41. The van der Waals surface area contributed by atoms with Gasteiger partial charge in [0.15, 0.2) is 0 Å². The van der Waals surface area contributed by atoms with Gasteiger partial charge in [0, 0.05) is 5.56 Å². The molecule has 0 saturated carbocycles. The maximum absolute atomic E-state index is 13.1. The maximum Gasteiger partial charge on any atom is 0.338 e. The van der Waals surface area contributed by atoms with Gasteiger partial charge >= 0.3 is 5.97 Å². The van der Waals surface area contributed by atoms with Gasteiger partial charge in [0.1, 0.15) is 41.3 Å². The molecule has 1 atom stereocenters. The highest BCUT2D eigenvalue weighted by atomic mass is 19.1. The zero-order chi connectivity index (χ0) is 23.3. The zero-order valence-electron chi connectivity index (χ0n) is 18.0. The largest absolute Gasteiger partial charge is 0.496 e. The Morgan fingerprint density at radius 2 is 1.97 bits per heavy atom. The minimum atomic E-state index is -0.770. The molecule has 2 N–H and O–H groups in total. The van der Waals surface area contributed by atoms with Crippen LogP contribution >= 0.6 is 0 Å². The van der Waals surface area contributed by atoms with E-state index in [1.807, 2.05) is 6.07 Å². The predicted molar refractivity (Wildman–Crippen MR) is 114 cm³/mol. The molecule has 7 nitrogen and oxygen atoms in total. The summed E-state index contributed by atoms with van der Waals surface area (Å²) >= 11 is 0. The van der Waals surface area contributed by atoms with Crippen molar-refractivity contribution in [2.45, 2.75) is 26.4 Å². The van der Waals surface area contributed by atoms with Gasteiger partial charge in [0.25, 0.3) is 0 Å².